The molecule has 0 bridgehead atoms. The molecule has 0 heterocycles. The Morgan fingerprint density at radius 3 is 2.24 bits per heavy atom. The van der Waals surface area contributed by atoms with Gasteiger partial charge in [0.1, 0.15) is 5.75 Å². The van der Waals surface area contributed by atoms with Crippen LogP contribution in [0.15, 0.2) is 30.3 Å². The highest BCUT2D eigenvalue weighted by molar-refractivity contribution is 6.30. The van der Waals surface area contributed by atoms with E-state index in [1.54, 1.807) is 7.11 Å². The fraction of sp³-hybridized carbons (Fsp3) is 0.333. The van der Waals surface area contributed by atoms with Gasteiger partial charge in [0.15, 0.2) is 0 Å². The van der Waals surface area contributed by atoms with Crippen LogP contribution in [-0.2, 0) is 0 Å². The second kappa shape index (κ2) is 6.50. The normalized spacial score (nSPS) is 12.3. The lowest BCUT2D eigenvalue weighted by molar-refractivity contribution is 0.402. The first kappa shape index (κ1) is 15.9. The average molecular weight is 304 g/mol. The predicted octanol–water partition coefficient (Wildman–Crippen LogP) is 4.58. The van der Waals surface area contributed by atoms with Crippen LogP contribution in [0.2, 0.25) is 5.02 Å². The van der Waals surface area contributed by atoms with E-state index in [0.717, 1.165) is 16.3 Å². The first-order valence-corrected chi connectivity index (χ1v) is 7.44. The van der Waals surface area contributed by atoms with E-state index in [9.17, 15) is 0 Å². The van der Waals surface area contributed by atoms with Gasteiger partial charge in [-0.1, -0.05) is 29.8 Å². The summed E-state index contributed by atoms with van der Waals surface area (Å²) in [5.41, 5.74) is 5.94. The van der Waals surface area contributed by atoms with E-state index in [2.05, 4.69) is 44.3 Å². The summed E-state index contributed by atoms with van der Waals surface area (Å²) in [7, 11) is 3.69. The minimum Gasteiger partial charge on any atom is -0.496 e. The number of nitrogens with one attached hydrogen (secondary N) is 1. The molecule has 0 radical (unpaired) electrons. The summed E-state index contributed by atoms with van der Waals surface area (Å²) in [6, 6.07) is 10.4. The summed E-state index contributed by atoms with van der Waals surface area (Å²) in [4.78, 5) is 0. The third-order valence-electron chi connectivity index (χ3n) is 4.05. The van der Waals surface area contributed by atoms with Crippen molar-refractivity contribution < 1.29 is 4.74 Å². The van der Waals surface area contributed by atoms with Crippen molar-refractivity contribution in [3.8, 4) is 5.75 Å². The van der Waals surface area contributed by atoms with E-state index in [-0.39, 0.29) is 6.04 Å². The monoisotopic (exact) mass is 303 g/mol. The Bertz CT molecular complexity index is 652. The van der Waals surface area contributed by atoms with Crippen LogP contribution in [-0.4, -0.2) is 14.2 Å². The van der Waals surface area contributed by atoms with Crippen LogP contribution in [0.3, 0.4) is 0 Å². The van der Waals surface area contributed by atoms with E-state index in [4.69, 9.17) is 16.3 Å². The van der Waals surface area contributed by atoms with Crippen molar-refractivity contribution in [3.63, 3.8) is 0 Å². The lowest BCUT2D eigenvalue weighted by atomic mass is 9.92. The molecule has 0 spiro atoms. The molecule has 0 fully saturated rings. The maximum absolute atomic E-state index is 6.07. The van der Waals surface area contributed by atoms with Crippen molar-refractivity contribution in [1.82, 2.24) is 5.32 Å². The predicted molar refractivity (Wildman–Crippen MR) is 89.6 cm³/mol. The van der Waals surface area contributed by atoms with E-state index in [1.165, 1.54) is 22.3 Å². The summed E-state index contributed by atoms with van der Waals surface area (Å²) >= 11 is 6.07. The van der Waals surface area contributed by atoms with Crippen molar-refractivity contribution in [2.75, 3.05) is 14.2 Å². The molecular formula is C18H22ClNO. The maximum atomic E-state index is 6.07. The molecule has 0 aliphatic carbocycles. The third-order valence-corrected chi connectivity index (χ3v) is 4.29. The van der Waals surface area contributed by atoms with Crippen molar-refractivity contribution in [3.05, 3.63) is 63.2 Å². The first-order chi connectivity index (χ1) is 9.99. The smallest absolute Gasteiger partial charge is 0.127 e. The van der Waals surface area contributed by atoms with E-state index >= 15 is 0 Å². The van der Waals surface area contributed by atoms with Crippen LogP contribution in [0.5, 0.6) is 5.75 Å². The molecule has 0 aromatic heterocycles. The van der Waals surface area contributed by atoms with E-state index in [1.807, 2.05) is 19.2 Å². The molecule has 3 heteroatoms. The first-order valence-electron chi connectivity index (χ1n) is 7.07. The number of methoxy groups -OCH3 is 1. The molecule has 21 heavy (non-hydrogen) atoms. The lowest BCUT2D eigenvalue weighted by Gasteiger charge is -2.23. The van der Waals surface area contributed by atoms with Crippen LogP contribution >= 0.6 is 11.6 Å². The minimum atomic E-state index is 0.0801. The van der Waals surface area contributed by atoms with E-state index in [0.29, 0.717) is 0 Å². The highest BCUT2D eigenvalue weighted by atomic mass is 35.5. The molecule has 0 aliphatic rings. The highest BCUT2D eigenvalue weighted by Crippen LogP contribution is 2.35. The van der Waals surface area contributed by atoms with Crippen LogP contribution in [0.25, 0.3) is 0 Å². The molecule has 2 rings (SSSR count). The lowest BCUT2D eigenvalue weighted by Crippen LogP contribution is -2.20. The Morgan fingerprint density at radius 2 is 1.67 bits per heavy atom. The van der Waals surface area contributed by atoms with Gasteiger partial charge in [-0.3, -0.25) is 0 Å². The van der Waals surface area contributed by atoms with Gasteiger partial charge in [0.25, 0.3) is 0 Å². The Labute approximate surface area is 132 Å². The van der Waals surface area contributed by atoms with Crippen molar-refractivity contribution >= 4 is 11.6 Å². The van der Waals surface area contributed by atoms with Gasteiger partial charge in [-0.2, -0.15) is 0 Å². The molecule has 112 valence electrons. The summed E-state index contributed by atoms with van der Waals surface area (Å²) in [6.07, 6.45) is 0. The molecule has 1 atom stereocenters. The Balaban J connectivity index is 2.59. The fourth-order valence-corrected chi connectivity index (χ4v) is 2.98. The number of hydrogen-bond acceptors (Lipinski definition) is 2. The third kappa shape index (κ3) is 3.07. The van der Waals surface area contributed by atoms with Gasteiger partial charge in [-0.15, -0.1) is 0 Å². The highest BCUT2D eigenvalue weighted by Gasteiger charge is 2.20. The average Bonchev–Trinajstić information content (AvgIpc) is 2.45. The van der Waals surface area contributed by atoms with Crippen LogP contribution in [0, 0.1) is 20.8 Å². The van der Waals surface area contributed by atoms with Crippen molar-refractivity contribution in [2.24, 2.45) is 0 Å². The largest absolute Gasteiger partial charge is 0.496 e. The second-order valence-electron chi connectivity index (χ2n) is 5.35. The van der Waals surface area contributed by atoms with Gasteiger partial charge in [-0.05, 0) is 62.2 Å². The van der Waals surface area contributed by atoms with E-state index < -0.39 is 0 Å². The summed E-state index contributed by atoms with van der Waals surface area (Å²) in [5.74, 6) is 0.948. The maximum Gasteiger partial charge on any atom is 0.127 e. The fourth-order valence-electron chi connectivity index (χ4n) is 2.75. The van der Waals surface area contributed by atoms with Gasteiger partial charge in [0, 0.05) is 10.6 Å². The number of aryl methyl sites for hydroxylation is 2. The molecule has 2 nitrogen and oxygen atoms in total. The second-order valence-corrected chi connectivity index (χ2v) is 5.79. The zero-order chi connectivity index (χ0) is 15.6. The van der Waals surface area contributed by atoms with Crippen LogP contribution in [0.4, 0.5) is 0 Å². The van der Waals surface area contributed by atoms with Gasteiger partial charge >= 0.3 is 0 Å². The van der Waals surface area contributed by atoms with Gasteiger partial charge in [0.05, 0.1) is 13.2 Å². The van der Waals surface area contributed by atoms with Gasteiger partial charge in [0.2, 0.25) is 0 Å². The van der Waals surface area contributed by atoms with Gasteiger partial charge < -0.3 is 10.1 Å². The van der Waals surface area contributed by atoms with Crippen LogP contribution in [0.1, 0.15) is 33.9 Å². The number of rotatable bonds is 4. The quantitative estimate of drug-likeness (QED) is 0.892. The number of halogens is 1. The molecule has 0 aliphatic heterocycles. The summed E-state index contributed by atoms with van der Waals surface area (Å²) < 4.78 is 5.66. The topological polar surface area (TPSA) is 21.3 Å². The zero-order valence-corrected chi connectivity index (χ0v) is 14.0. The van der Waals surface area contributed by atoms with Gasteiger partial charge in [-0.25, -0.2) is 0 Å². The molecule has 2 aromatic carbocycles. The number of ether oxygens (including phenoxy) is 1. The SMILES string of the molecule is CNC(c1ccc(Cl)cc1C)c1ccc(C)c(C)c1OC. The Hall–Kier alpha value is -1.51. The molecule has 2 aromatic rings. The molecule has 1 N–H and O–H groups in total. The number of hydrogen-bond donors (Lipinski definition) is 1. The molecule has 1 unspecified atom stereocenters. The molecule has 0 saturated carbocycles. The Kier molecular flexibility index (Phi) is 4.92. The molecular weight excluding hydrogens is 282 g/mol. The van der Waals surface area contributed by atoms with Crippen molar-refractivity contribution in [2.45, 2.75) is 26.8 Å². The molecule has 0 saturated heterocycles. The van der Waals surface area contributed by atoms with Crippen LogP contribution < -0.4 is 10.1 Å². The standard InChI is InChI=1S/C18H22ClNO/c1-11-6-8-16(18(21-5)13(11)3)17(20-4)15-9-7-14(19)10-12(15)2/h6-10,17,20H,1-5H3. The molecule has 0 amide bonds. The number of benzene rings is 2. The minimum absolute atomic E-state index is 0.0801. The zero-order valence-electron chi connectivity index (χ0n) is 13.3. The summed E-state index contributed by atoms with van der Waals surface area (Å²) in [5, 5.41) is 4.16. The summed E-state index contributed by atoms with van der Waals surface area (Å²) in [6.45, 7) is 6.28. The Morgan fingerprint density at radius 1 is 1.00 bits per heavy atom. The van der Waals surface area contributed by atoms with Crippen molar-refractivity contribution in [1.29, 1.82) is 0 Å².